The summed E-state index contributed by atoms with van der Waals surface area (Å²) in [5.74, 6) is 1.82. The van der Waals surface area contributed by atoms with E-state index in [0.29, 0.717) is 0 Å². The summed E-state index contributed by atoms with van der Waals surface area (Å²) in [5, 5.41) is 0. The molecule has 1 heteroatoms. The predicted octanol–water partition coefficient (Wildman–Crippen LogP) is 3.40. The van der Waals surface area contributed by atoms with Gasteiger partial charge in [0.05, 0.1) is 0 Å². The molecular weight excluding hydrogens is 158 g/mol. The van der Waals surface area contributed by atoms with Crippen molar-refractivity contribution >= 4 is 0 Å². The summed E-state index contributed by atoms with van der Waals surface area (Å²) < 4.78 is 0. The van der Waals surface area contributed by atoms with Gasteiger partial charge < -0.3 is 4.90 Å². The Morgan fingerprint density at radius 3 is 2.00 bits per heavy atom. The Labute approximate surface area is 84.5 Å². The fourth-order valence-electron chi connectivity index (χ4n) is 1.67. The van der Waals surface area contributed by atoms with Gasteiger partial charge in [-0.2, -0.15) is 0 Å². The SMILES string of the molecule is CCC(C)CCC(CC)CN(C)C. The van der Waals surface area contributed by atoms with Gasteiger partial charge in [0, 0.05) is 6.54 Å². The van der Waals surface area contributed by atoms with E-state index in [1.807, 2.05) is 0 Å². The predicted molar refractivity (Wildman–Crippen MR) is 61.0 cm³/mol. The molecule has 0 aromatic rings. The van der Waals surface area contributed by atoms with Crippen LogP contribution >= 0.6 is 0 Å². The van der Waals surface area contributed by atoms with E-state index >= 15 is 0 Å². The van der Waals surface area contributed by atoms with Crippen molar-refractivity contribution in [1.82, 2.24) is 4.90 Å². The molecule has 0 saturated heterocycles. The second-order valence-electron chi connectivity index (χ2n) is 4.63. The van der Waals surface area contributed by atoms with E-state index < -0.39 is 0 Å². The van der Waals surface area contributed by atoms with Gasteiger partial charge in [-0.05, 0) is 32.4 Å². The zero-order chi connectivity index (χ0) is 10.3. The summed E-state index contributed by atoms with van der Waals surface area (Å²) in [5.41, 5.74) is 0. The van der Waals surface area contributed by atoms with Gasteiger partial charge in [0.1, 0.15) is 0 Å². The van der Waals surface area contributed by atoms with Crippen LogP contribution in [0.25, 0.3) is 0 Å². The molecule has 0 rings (SSSR count). The number of hydrogen-bond acceptors (Lipinski definition) is 1. The molecule has 80 valence electrons. The Bertz CT molecular complexity index is 110. The monoisotopic (exact) mass is 185 g/mol. The number of rotatable bonds is 7. The first-order valence-corrected chi connectivity index (χ1v) is 5.74. The molecule has 1 nitrogen and oxygen atoms in total. The van der Waals surface area contributed by atoms with E-state index in [2.05, 4.69) is 39.8 Å². The molecule has 0 aliphatic carbocycles. The molecule has 13 heavy (non-hydrogen) atoms. The van der Waals surface area contributed by atoms with Crippen molar-refractivity contribution < 1.29 is 0 Å². The maximum Gasteiger partial charge on any atom is 0.000346 e. The summed E-state index contributed by atoms with van der Waals surface area (Å²) in [6, 6.07) is 0. The Balaban J connectivity index is 3.59. The zero-order valence-corrected chi connectivity index (χ0v) is 10.1. The van der Waals surface area contributed by atoms with Crippen LogP contribution in [0, 0.1) is 11.8 Å². The van der Waals surface area contributed by atoms with E-state index in [1.165, 1.54) is 32.2 Å². The summed E-state index contributed by atoms with van der Waals surface area (Å²) in [4.78, 5) is 2.31. The minimum atomic E-state index is 0.906. The highest BCUT2D eigenvalue weighted by atomic mass is 15.1. The first kappa shape index (κ1) is 13.0. The highest BCUT2D eigenvalue weighted by Gasteiger charge is 2.09. The van der Waals surface area contributed by atoms with Crippen molar-refractivity contribution in [2.45, 2.75) is 46.5 Å². The van der Waals surface area contributed by atoms with Crippen LogP contribution in [0.5, 0.6) is 0 Å². The minimum Gasteiger partial charge on any atom is -0.309 e. The highest BCUT2D eigenvalue weighted by molar-refractivity contribution is 4.62. The third kappa shape index (κ3) is 7.06. The molecule has 0 spiro atoms. The second-order valence-corrected chi connectivity index (χ2v) is 4.63. The molecule has 0 aromatic carbocycles. The van der Waals surface area contributed by atoms with E-state index in [9.17, 15) is 0 Å². The van der Waals surface area contributed by atoms with Crippen LogP contribution in [0.15, 0.2) is 0 Å². The lowest BCUT2D eigenvalue weighted by molar-refractivity contribution is 0.288. The van der Waals surface area contributed by atoms with Crippen LogP contribution in [-0.4, -0.2) is 25.5 Å². The van der Waals surface area contributed by atoms with E-state index in [1.54, 1.807) is 0 Å². The van der Waals surface area contributed by atoms with Gasteiger partial charge in [-0.15, -0.1) is 0 Å². The van der Waals surface area contributed by atoms with Crippen LogP contribution < -0.4 is 0 Å². The van der Waals surface area contributed by atoms with Crippen molar-refractivity contribution in [2.75, 3.05) is 20.6 Å². The lowest BCUT2D eigenvalue weighted by atomic mass is 9.93. The van der Waals surface area contributed by atoms with Crippen LogP contribution in [0.3, 0.4) is 0 Å². The van der Waals surface area contributed by atoms with Gasteiger partial charge in [-0.25, -0.2) is 0 Å². The molecule has 0 aliphatic rings. The highest BCUT2D eigenvalue weighted by Crippen LogP contribution is 2.17. The van der Waals surface area contributed by atoms with Crippen molar-refractivity contribution in [3.05, 3.63) is 0 Å². The van der Waals surface area contributed by atoms with E-state index in [4.69, 9.17) is 0 Å². The lowest BCUT2D eigenvalue weighted by Gasteiger charge is -2.20. The fourth-order valence-corrected chi connectivity index (χ4v) is 1.67. The number of hydrogen-bond donors (Lipinski definition) is 0. The topological polar surface area (TPSA) is 3.24 Å². The molecule has 0 N–H and O–H groups in total. The van der Waals surface area contributed by atoms with Crippen molar-refractivity contribution in [2.24, 2.45) is 11.8 Å². The largest absolute Gasteiger partial charge is 0.309 e. The second kappa shape index (κ2) is 7.37. The van der Waals surface area contributed by atoms with Crippen molar-refractivity contribution in [3.63, 3.8) is 0 Å². The minimum absolute atomic E-state index is 0.906. The molecule has 0 fully saturated rings. The van der Waals surface area contributed by atoms with E-state index in [0.717, 1.165) is 11.8 Å². The third-order valence-electron chi connectivity index (χ3n) is 2.97. The Kier molecular flexibility index (Phi) is 7.35. The normalized spacial score (nSPS) is 16.2. The summed E-state index contributed by atoms with van der Waals surface area (Å²) in [6.07, 6.45) is 5.47. The van der Waals surface area contributed by atoms with Gasteiger partial charge in [-0.3, -0.25) is 0 Å². The maximum absolute atomic E-state index is 2.36. The quantitative estimate of drug-likeness (QED) is 0.587. The molecule has 2 unspecified atom stereocenters. The lowest BCUT2D eigenvalue weighted by Crippen LogP contribution is -2.21. The molecule has 0 bridgehead atoms. The fraction of sp³-hybridized carbons (Fsp3) is 1.00. The van der Waals surface area contributed by atoms with Gasteiger partial charge in [0.25, 0.3) is 0 Å². The molecule has 0 aliphatic heterocycles. The standard InChI is InChI=1S/C12H27N/c1-6-11(3)8-9-12(7-2)10-13(4)5/h11-12H,6-10H2,1-5H3. The first-order chi connectivity index (χ1) is 6.10. The van der Waals surface area contributed by atoms with Crippen LogP contribution in [0.2, 0.25) is 0 Å². The molecule has 0 amide bonds. The average Bonchev–Trinajstić information content (AvgIpc) is 2.10. The first-order valence-electron chi connectivity index (χ1n) is 5.74. The average molecular weight is 185 g/mol. The zero-order valence-electron chi connectivity index (χ0n) is 10.1. The van der Waals surface area contributed by atoms with Crippen molar-refractivity contribution in [3.8, 4) is 0 Å². The van der Waals surface area contributed by atoms with E-state index in [-0.39, 0.29) is 0 Å². The molecular formula is C12H27N. The molecule has 0 saturated carbocycles. The van der Waals surface area contributed by atoms with Crippen molar-refractivity contribution in [1.29, 1.82) is 0 Å². The summed E-state index contributed by atoms with van der Waals surface area (Å²) >= 11 is 0. The summed E-state index contributed by atoms with van der Waals surface area (Å²) in [6.45, 7) is 8.22. The molecule has 2 atom stereocenters. The van der Waals surface area contributed by atoms with Gasteiger partial charge in [0.2, 0.25) is 0 Å². The molecule has 0 heterocycles. The van der Waals surface area contributed by atoms with Crippen LogP contribution in [-0.2, 0) is 0 Å². The summed E-state index contributed by atoms with van der Waals surface area (Å²) in [7, 11) is 4.35. The number of nitrogens with zero attached hydrogens (tertiary/aromatic N) is 1. The Morgan fingerprint density at radius 1 is 1.00 bits per heavy atom. The van der Waals surface area contributed by atoms with Gasteiger partial charge in [0.15, 0.2) is 0 Å². The smallest absolute Gasteiger partial charge is 0.000346 e. The Hall–Kier alpha value is -0.0400. The molecule has 0 radical (unpaired) electrons. The van der Waals surface area contributed by atoms with Crippen LogP contribution in [0.1, 0.15) is 46.5 Å². The third-order valence-corrected chi connectivity index (χ3v) is 2.97. The van der Waals surface area contributed by atoms with Crippen LogP contribution in [0.4, 0.5) is 0 Å². The molecule has 0 aromatic heterocycles. The Morgan fingerprint density at radius 2 is 1.62 bits per heavy atom. The maximum atomic E-state index is 2.36. The van der Waals surface area contributed by atoms with Gasteiger partial charge in [-0.1, -0.05) is 40.0 Å². The van der Waals surface area contributed by atoms with Gasteiger partial charge >= 0.3 is 0 Å².